The van der Waals surface area contributed by atoms with Crippen molar-refractivity contribution < 1.29 is 14.4 Å². The number of urea groups is 1. The van der Waals surface area contributed by atoms with Gasteiger partial charge in [-0.25, -0.2) is 4.79 Å². The zero-order valence-corrected chi connectivity index (χ0v) is 15.3. The molecule has 1 unspecified atom stereocenters. The van der Waals surface area contributed by atoms with Crippen LogP contribution in [0.25, 0.3) is 0 Å². The Balaban J connectivity index is 1.54. The molecule has 2 aliphatic rings. The van der Waals surface area contributed by atoms with E-state index in [4.69, 9.17) is 11.6 Å². The Labute approximate surface area is 161 Å². The minimum absolute atomic E-state index is 0.336. The molecule has 1 aliphatic carbocycles. The number of carbonyl (C=O) groups is 3. The lowest BCUT2D eigenvalue weighted by Gasteiger charge is -2.33. The van der Waals surface area contributed by atoms with Gasteiger partial charge in [0, 0.05) is 10.7 Å². The molecule has 2 aromatic carbocycles. The first-order valence-corrected chi connectivity index (χ1v) is 9.15. The van der Waals surface area contributed by atoms with Crippen LogP contribution in [-0.2, 0) is 21.5 Å². The maximum atomic E-state index is 13.1. The molecule has 138 valence electrons. The molecule has 6 nitrogen and oxygen atoms in total. The number of anilines is 1. The number of fused-ring (bicyclic) bond motifs is 2. The quantitative estimate of drug-likeness (QED) is 0.799. The molecular weight excluding hydrogens is 366 g/mol. The van der Waals surface area contributed by atoms with Crippen LogP contribution in [-0.4, -0.2) is 29.3 Å². The number of benzene rings is 2. The molecule has 7 heteroatoms. The van der Waals surface area contributed by atoms with Gasteiger partial charge in [0.1, 0.15) is 12.1 Å². The fourth-order valence-corrected chi connectivity index (χ4v) is 3.96. The Hall–Kier alpha value is -2.86. The van der Waals surface area contributed by atoms with Gasteiger partial charge in [0.25, 0.3) is 5.91 Å². The van der Waals surface area contributed by atoms with Gasteiger partial charge in [0.2, 0.25) is 5.91 Å². The van der Waals surface area contributed by atoms with Gasteiger partial charge >= 0.3 is 6.03 Å². The van der Waals surface area contributed by atoms with Crippen LogP contribution in [0.5, 0.6) is 0 Å². The van der Waals surface area contributed by atoms with E-state index >= 15 is 0 Å². The molecule has 1 fully saturated rings. The van der Waals surface area contributed by atoms with Crippen LogP contribution in [0.3, 0.4) is 0 Å². The first kappa shape index (κ1) is 17.5. The number of rotatable bonds is 3. The third kappa shape index (κ3) is 3.06. The smallest absolute Gasteiger partial charge is 0.325 e. The summed E-state index contributed by atoms with van der Waals surface area (Å²) in [6, 6.07) is 13.7. The van der Waals surface area contributed by atoms with Crippen molar-refractivity contribution in [1.29, 1.82) is 0 Å². The van der Waals surface area contributed by atoms with Crippen molar-refractivity contribution in [2.24, 2.45) is 0 Å². The molecule has 1 atom stereocenters. The van der Waals surface area contributed by atoms with Crippen LogP contribution in [0, 0.1) is 0 Å². The van der Waals surface area contributed by atoms with Crippen LogP contribution in [0.15, 0.2) is 48.5 Å². The third-order valence-electron chi connectivity index (χ3n) is 5.08. The van der Waals surface area contributed by atoms with Crippen LogP contribution in [0.1, 0.15) is 24.0 Å². The van der Waals surface area contributed by atoms with Crippen molar-refractivity contribution in [3.05, 3.63) is 64.7 Å². The van der Waals surface area contributed by atoms with E-state index in [1.165, 1.54) is 0 Å². The van der Waals surface area contributed by atoms with Gasteiger partial charge in [-0.3, -0.25) is 14.5 Å². The molecule has 27 heavy (non-hydrogen) atoms. The Bertz CT molecular complexity index is 928. The Morgan fingerprint density at radius 2 is 1.89 bits per heavy atom. The number of carbonyl (C=O) groups excluding carboxylic acids is 3. The Kier molecular flexibility index (Phi) is 4.36. The fourth-order valence-electron chi connectivity index (χ4n) is 3.83. The highest BCUT2D eigenvalue weighted by molar-refractivity contribution is 6.30. The summed E-state index contributed by atoms with van der Waals surface area (Å²) in [5.41, 5.74) is 1.38. The summed E-state index contributed by atoms with van der Waals surface area (Å²) in [6.07, 6.45) is 2.20. The summed E-state index contributed by atoms with van der Waals surface area (Å²) in [4.78, 5) is 39.0. The standard InChI is InChI=1S/C20H18ClN3O3/c21-14-7-9-15(10-8-14)22-17(25)12-24-18(26)20(23-19(24)27)11-3-5-13-4-1-2-6-16(13)20/h1-2,4,6-10H,3,5,11-12H2,(H,22,25)(H,23,27). The lowest BCUT2D eigenvalue weighted by Crippen LogP contribution is -2.47. The highest BCUT2D eigenvalue weighted by atomic mass is 35.5. The molecule has 2 aromatic rings. The second-order valence-electron chi connectivity index (χ2n) is 6.79. The summed E-state index contributed by atoms with van der Waals surface area (Å²) in [7, 11) is 0. The van der Waals surface area contributed by atoms with Crippen LogP contribution >= 0.6 is 11.6 Å². The molecular formula is C20H18ClN3O3. The van der Waals surface area contributed by atoms with Crippen molar-refractivity contribution in [3.63, 3.8) is 0 Å². The third-order valence-corrected chi connectivity index (χ3v) is 5.33. The lowest BCUT2D eigenvalue weighted by atomic mass is 9.76. The van der Waals surface area contributed by atoms with Crippen molar-refractivity contribution in [2.75, 3.05) is 11.9 Å². The normalized spacial score (nSPS) is 21.1. The maximum absolute atomic E-state index is 13.1. The maximum Gasteiger partial charge on any atom is 0.325 e. The highest BCUT2D eigenvalue weighted by Gasteiger charge is 2.54. The molecule has 2 N–H and O–H groups in total. The van der Waals surface area contributed by atoms with Gasteiger partial charge in [0.05, 0.1) is 0 Å². The molecule has 0 aromatic heterocycles. The Morgan fingerprint density at radius 1 is 1.15 bits per heavy atom. The molecule has 1 spiro atoms. The number of nitrogens with one attached hydrogen (secondary N) is 2. The van der Waals surface area contributed by atoms with Crippen LogP contribution in [0.4, 0.5) is 10.5 Å². The van der Waals surface area contributed by atoms with Crippen molar-refractivity contribution in [3.8, 4) is 0 Å². The van der Waals surface area contributed by atoms with E-state index in [-0.39, 0.29) is 12.5 Å². The SMILES string of the molecule is O=C(CN1C(=O)NC2(CCCc3ccccc32)C1=O)Nc1ccc(Cl)cc1. The van der Waals surface area contributed by atoms with Gasteiger partial charge in [-0.05, 0) is 54.7 Å². The van der Waals surface area contributed by atoms with Crippen molar-refractivity contribution >= 4 is 35.1 Å². The van der Waals surface area contributed by atoms with Crippen molar-refractivity contribution in [2.45, 2.75) is 24.8 Å². The number of hydrogen-bond donors (Lipinski definition) is 2. The minimum atomic E-state index is -1.06. The highest BCUT2D eigenvalue weighted by Crippen LogP contribution is 2.39. The van der Waals surface area contributed by atoms with Gasteiger partial charge < -0.3 is 10.6 Å². The Morgan fingerprint density at radius 3 is 2.67 bits per heavy atom. The minimum Gasteiger partial charge on any atom is -0.325 e. The molecule has 4 amide bonds. The predicted molar refractivity (Wildman–Crippen MR) is 101 cm³/mol. The average molecular weight is 384 g/mol. The summed E-state index contributed by atoms with van der Waals surface area (Å²) in [6.45, 7) is -0.336. The van der Waals surface area contributed by atoms with E-state index in [0.29, 0.717) is 17.1 Å². The first-order chi connectivity index (χ1) is 13.0. The van der Waals surface area contributed by atoms with Crippen LogP contribution in [0.2, 0.25) is 5.02 Å². The molecule has 0 saturated carbocycles. The number of imide groups is 1. The molecule has 0 radical (unpaired) electrons. The molecule has 0 bridgehead atoms. The van der Waals surface area contributed by atoms with E-state index in [2.05, 4.69) is 10.6 Å². The van der Waals surface area contributed by atoms with Crippen LogP contribution < -0.4 is 10.6 Å². The molecule has 1 heterocycles. The zero-order valence-electron chi connectivity index (χ0n) is 14.5. The van der Waals surface area contributed by atoms with E-state index in [1.54, 1.807) is 24.3 Å². The van der Waals surface area contributed by atoms with E-state index < -0.39 is 17.5 Å². The summed E-state index contributed by atoms with van der Waals surface area (Å²) in [5, 5.41) is 6.07. The molecule has 1 aliphatic heterocycles. The van der Waals surface area contributed by atoms with Gasteiger partial charge in [-0.2, -0.15) is 0 Å². The number of amides is 4. The lowest BCUT2D eigenvalue weighted by molar-refractivity contribution is -0.134. The largest absolute Gasteiger partial charge is 0.325 e. The van der Waals surface area contributed by atoms with Gasteiger partial charge in [-0.15, -0.1) is 0 Å². The topological polar surface area (TPSA) is 78.5 Å². The average Bonchev–Trinajstić information content (AvgIpc) is 2.89. The molecule has 1 saturated heterocycles. The second-order valence-corrected chi connectivity index (χ2v) is 7.23. The van der Waals surface area contributed by atoms with Gasteiger partial charge in [0.15, 0.2) is 0 Å². The second kappa shape index (κ2) is 6.70. The number of hydrogen-bond acceptors (Lipinski definition) is 3. The monoisotopic (exact) mass is 383 g/mol. The van der Waals surface area contributed by atoms with Crippen molar-refractivity contribution in [1.82, 2.24) is 10.2 Å². The summed E-state index contributed by atoms with van der Waals surface area (Å²) in [5.74, 6) is -0.812. The fraction of sp³-hybridized carbons (Fsp3) is 0.250. The summed E-state index contributed by atoms with van der Waals surface area (Å²) < 4.78 is 0. The predicted octanol–water partition coefficient (Wildman–Crippen LogP) is 3.06. The summed E-state index contributed by atoms with van der Waals surface area (Å²) >= 11 is 5.83. The number of aryl methyl sites for hydroxylation is 1. The van der Waals surface area contributed by atoms with Gasteiger partial charge in [-0.1, -0.05) is 35.9 Å². The number of halogens is 1. The number of nitrogens with zero attached hydrogens (tertiary/aromatic N) is 1. The molecule has 4 rings (SSSR count). The first-order valence-electron chi connectivity index (χ1n) is 8.77. The van der Waals surface area contributed by atoms with E-state index in [9.17, 15) is 14.4 Å². The van der Waals surface area contributed by atoms with E-state index in [0.717, 1.165) is 28.9 Å². The zero-order chi connectivity index (χ0) is 19.0. The van der Waals surface area contributed by atoms with E-state index in [1.807, 2.05) is 24.3 Å².